The van der Waals surface area contributed by atoms with Crippen LogP contribution in [0.4, 0.5) is 4.79 Å². The van der Waals surface area contributed by atoms with Crippen molar-refractivity contribution in [2.24, 2.45) is 5.73 Å². The second-order valence-corrected chi connectivity index (χ2v) is 3.35. The molecule has 1 rings (SSSR count). The summed E-state index contributed by atoms with van der Waals surface area (Å²) < 4.78 is 5.43. The largest absolute Gasteiger partial charge is 0.374 e. The van der Waals surface area contributed by atoms with E-state index in [4.69, 9.17) is 10.5 Å². The Bertz CT molecular complexity index is 338. The van der Waals surface area contributed by atoms with E-state index in [-0.39, 0.29) is 6.04 Å². The number of urea groups is 1. The number of benzene rings is 1. The van der Waals surface area contributed by atoms with E-state index in [0.717, 1.165) is 5.56 Å². The van der Waals surface area contributed by atoms with Crippen LogP contribution in [-0.2, 0) is 11.3 Å². The Morgan fingerprint density at radius 3 is 2.75 bits per heavy atom. The van der Waals surface area contributed by atoms with Crippen LogP contribution in [0, 0.1) is 0 Å². The van der Waals surface area contributed by atoms with Crippen molar-refractivity contribution >= 4 is 6.03 Å². The van der Waals surface area contributed by atoms with Crippen LogP contribution in [0.2, 0.25) is 0 Å². The molecule has 86 valence electrons. The van der Waals surface area contributed by atoms with Crippen molar-refractivity contribution < 1.29 is 9.53 Å². The lowest BCUT2D eigenvalue weighted by Gasteiger charge is -2.13. The average Bonchev–Trinajstić information content (AvgIpc) is 2.28. The van der Waals surface area contributed by atoms with E-state index in [9.17, 15) is 4.79 Å². The van der Waals surface area contributed by atoms with E-state index in [2.05, 4.69) is 11.9 Å². The standard InChI is InChI=1S/C12H16N2O2/c1-2-11(14-12(13)15)9-16-8-10-6-4-3-5-7-10/h2-7,11H,1,8-9H2,(H3,13,14,15)/t11-/m1/s1. The summed E-state index contributed by atoms with van der Waals surface area (Å²) >= 11 is 0. The van der Waals surface area contributed by atoms with Crippen molar-refractivity contribution in [2.45, 2.75) is 12.6 Å². The van der Waals surface area contributed by atoms with Crippen molar-refractivity contribution in [1.82, 2.24) is 5.32 Å². The highest BCUT2D eigenvalue weighted by Crippen LogP contribution is 2.01. The van der Waals surface area contributed by atoms with Gasteiger partial charge in [-0.3, -0.25) is 0 Å². The van der Waals surface area contributed by atoms with Gasteiger partial charge in [0, 0.05) is 0 Å². The quantitative estimate of drug-likeness (QED) is 0.712. The highest BCUT2D eigenvalue weighted by molar-refractivity contribution is 5.72. The minimum absolute atomic E-state index is 0.249. The lowest BCUT2D eigenvalue weighted by Crippen LogP contribution is -2.40. The number of nitrogens with one attached hydrogen (secondary N) is 1. The van der Waals surface area contributed by atoms with Gasteiger partial charge in [0.05, 0.1) is 19.3 Å². The highest BCUT2D eigenvalue weighted by atomic mass is 16.5. The fraction of sp³-hybridized carbons (Fsp3) is 0.250. The molecule has 0 saturated carbocycles. The molecule has 0 aromatic heterocycles. The summed E-state index contributed by atoms with van der Waals surface area (Å²) in [5, 5.41) is 2.51. The Hall–Kier alpha value is -1.81. The van der Waals surface area contributed by atoms with Gasteiger partial charge >= 0.3 is 6.03 Å². The summed E-state index contributed by atoms with van der Waals surface area (Å²) in [6, 6.07) is 8.98. The molecule has 4 heteroatoms. The zero-order valence-electron chi connectivity index (χ0n) is 9.06. The topological polar surface area (TPSA) is 64.3 Å². The molecular formula is C12H16N2O2. The van der Waals surface area contributed by atoms with Crippen LogP contribution in [0.25, 0.3) is 0 Å². The fourth-order valence-corrected chi connectivity index (χ4v) is 1.23. The predicted molar refractivity (Wildman–Crippen MR) is 62.8 cm³/mol. The molecule has 0 bridgehead atoms. The van der Waals surface area contributed by atoms with Crippen LogP contribution in [0.3, 0.4) is 0 Å². The first-order valence-electron chi connectivity index (χ1n) is 5.02. The number of carbonyl (C=O) groups excluding carboxylic acids is 1. The summed E-state index contributed by atoms with van der Waals surface area (Å²) in [5.74, 6) is 0. The SMILES string of the molecule is C=C[C@H](COCc1ccccc1)NC(N)=O. The maximum absolute atomic E-state index is 10.6. The molecule has 0 saturated heterocycles. The molecule has 0 unspecified atom stereocenters. The summed E-state index contributed by atoms with van der Waals surface area (Å²) in [6.45, 7) is 4.46. The van der Waals surface area contributed by atoms with Crippen molar-refractivity contribution in [2.75, 3.05) is 6.61 Å². The molecule has 2 amide bonds. The number of ether oxygens (including phenoxy) is 1. The Labute approximate surface area is 95.1 Å². The number of amides is 2. The molecule has 0 aliphatic heterocycles. The van der Waals surface area contributed by atoms with E-state index >= 15 is 0 Å². The number of hydrogen-bond donors (Lipinski definition) is 2. The molecule has 1 aromatic rings. The Morgan fingerprint density at radius 1 is 1.50 bits per heavy atom. The van der Waals surface area contributed by atoms with Gasteiger partial charge in [0.25, 0.3) is 0 Å². The van der Waals surface area contributed by atoms with Crippen molar-refractivity contribution in [1.29, 1.82) is 0 Å². The van der Waals surface area contributed by atoms with Crippen LogP contribution in [-0.4, -0.2) is 18.7 Å². The van der Waals surface area contributed by atoms with Crippen LogP contribution in [0.5, 0.6) is 0 Å². The summed E-state index contributed by atoms with van der Waals surface area (Å²) in [5.41, 5.74) is 6.09. The maximum atomic E-state index is 10.6. The lowest BCUT2D eigenvalue weighted by molar-refractivity contribution is 0.110. The minimum atomic E-state index is -0.576. The highest BCUT2D eigenvalue weighted by Gasteiger charge is 2.05. The van der Waals surface area contributed by atoms with Crippen LogP contribution >= 0.6 is 0 Å². The molecule has 16 heavy (non-hydrogen) atoms. The van der Waals surface area contributed by atoms with Crippen LogP contribution in [0.1, 0.15) is 5.56 Å². The van der Waals surface area contributed by atoms with Crippen molar-refractivity contribution in [3.8, 4) is 0 Å². The Balaban J connectivity index is 2.28. The molecule has 0 fully saturated rings. The van der Waals surface area contributed by atoms with Gasteiger partial charge in [-0.05, 0) is 5.56 Å². The van der Waals surface area contributed by atoms with Crippen molar-refractivity contribution in [3.63, 3.8) is 0 Å². The van der Waals surface area contributed by atoms with E-state index in [0.29, 0.717) is 13.2 Å². The van der Waals surface area contributed by atoms with E-state index in [1.807, 2.05) is 30.3 Å². The second-order valence-electron chi connectivity index (χ2n) is 3.35. The third-order valence-corrected chi connectivity index (χ3v) is 2.02. The predicted octanol–water partition coefficient (Wildman–Crippen LogP) is 1.43. The number of carbonyl (C=O) groups is 1. The van der Waals surface area contributed by atoms with Gasteiger partial charge in [-0.15, -0.1) is 6.58 Å². The average molecular weight is 220 g/mol. The van der Waals surface area contributed by atoms with E-state index < -0.39 is 6.03 Å². The summed E-state index contributed by atoms with van der Waals surface area (Å²) in [6.07, 6.45) is 1.59. The van der Waals surface area contributed by atoms with Gasteiger partial charge < -0.3 is 15.8 Å². The Morgan fingerprint density at radius 2 is 2.19 bits per heavy atom. The van der Waals surface area contributed by atoms with E-state index in [1.165, 1.54) is 0 Å². The molecule has 4 nitrogen and oxygen atoms in total. The smallest absolute Gasteiger partial charge is 0.312 e. The molecule has 1 aromatic carbocycles. The fourth-order valence-electron chi connectivity index (χ4n) is 1.23. The third kappa shape index (κ3) is 4.61. The normalized spacial score (nSPS) is 11.8. The van der Waals surface area contributed by atoms with Gasteiger partial charge in [-0.1, -0.05) is 36.4 Å². The maximum Gasteiger partial charge on any atom is 0.312 e. The van der Waals surface area contributed by atoms with Crippen molar-refractivity contribution in [3.05, 3.63) is 48.6 Å². The zero-order chi connectivity index (χ0) is 11.8. The molecule has 0 aliphatic carbocycles. The van der Waals surface area contributed by atoms with E-state index in [1.54, 1.807) is 6.08 Å². The number of rotatable bonds is 6. The molecule has 0 spiro atoms. The zero-order valence-corrected chi connectivity index (χ0v) is 9.06. The summed E-state index contributed by atoms with van der Waals surface area (Å²) in [7, 11) is 0. The molecule has 0 aliphatic rings. The Kier molecular flexibility index (Phi) is 5.08. The van der Waals surface area contributed by atoms with Gasteiger partial charge in [0.15, 0.2) is 0 Å². The third-order valence-electron chi connectivity index (χ3n) is 2.02. The van der Waals surface area contributed by atoms with Gasteiger partial charge in [-0.2, -0.15) is 0 Å². The van der Waals surface area contributed by atoms with Gasteiger partial charge in [-0.25, -0.2) is 4.79 Å². The first-order chi connectivity index (χ1) is 7.72. The molecule has 3 N–H and O–H groups in total. The number of primary amides is 1. The second kappa shape index (κ2) is 6.63. The number of hydrogen-bond acceptors (Lipinski definition) is 2. The van der Waals surface area contributed by atoms with Crippen LogP contribution in [0.15, 0.2) is 43.0 Å². The van der Waals surface area contributed by atoms with Gasteiger partial charge in [0.2, 0.25) is 0 Å². The molecule has 1 atom stereocenters. The van der Waals surface area contributed by atoms with Crippen LogP contribution < -0.4 is 11.1 Å². The van der Waals surface area contributed by atoms with Gasteiger partial charge in [0.1, 0.15) is 0 Å². The minimum Gasteiger partial charge on any atom is -0.374 e. The molecular weight excluding hydrogens is 204 g/mol. The first-order valence-corrected chi connectivity index (χ1v) is 5.02. The summed E-state index contributed by atoms with van der Waals surface area (Å²) in [4.78, 5) is 10.6. The molecule has 0 radical (unpaired) electrons. The number of nitrogens with two attached hydrogens (primary N) is 1. The monoisotopic (exact) mass is 220 g/mol. The molecule has 0 heterocycles. The first kappa shape index (κ1) is 12.3. The lowest BCUT2D eigenvalue weighted by atomic mass is 10.2.